The molecule has 0 bridgehead atoms. The fraction of sp³-hybridized carbons (Fsp3) is 0.625. The lowest BCUT2D eigenvalue weighted by atomic mass is 9.85. The molecule has 0 aliphatic heterocycles. The third-order valence-corrected chi connectivity index (χ3v) is 1.91. The third kappa shape index (κ3) is 1.87. The highest BCUT2D eigenvalue weighted by atomic mass is 19.4. The molecule has 0 heterocycles. The van der Waals surface area contributed by atoms with Crippen LogP contribution in [0.5, 0.6) is 0 Å². The molecular weight excluding hydrogens is 153 g/mol. The molecule has 0 N–H and O–H groups in total. The lowest BCUT2D eigenvalue weighted by Crippen LogP contribution is -2.32. The average Bonchev–Trinajstić information content (AvgIpc) is 1.83. The van der Waals surface area contributed by atoms with E-state index in [0.717, 1.165) is 13.8 Å². The molecule has 0 fully saturated rings. The normalized spacial score (nSPS) is 12.5. The van der Waals surface area contributed by atoms with Crippen molar-refractivity contribution in [2.24, 2.45) is 5.41 Å². The quantitative estimate of drug-likeness (QED) is 0.521. The van der Waals surface area contributed by atoms with Crippen LogP contribution < -0.4 is 0 Å². The standard InChI is InChI=1S/C8H11F3/c1-5-6(2)7(3,4)8(9,10)11/h1H2,2-4H3. The van der Waals surface area contributed by atoms with Crippen LogP contribution in [0.2, 0.25) is 0 Å². The summed E-state index contributed by atoms with van der Waals surface area (Å²) in [6.45, 7) is 6.78. The van der Waals surface area contributed by atoms with Crippen molar-refractivity contribution in [1.29, 1.82) is 0 Å². The van der Waals surface area contributed by atoms with E-state index < -0.39 is 11.6 Å². The molecular formula is C8H11F3. The van der Waals surface area contributed by atoms with Crippen LogP contribution in [-0.2, 0) is 0 Å². The molecule has 0 nitrogen and oxygen atoms in total. The van der Waals surface area contributed by atoms with Crippen LogP contribution in [-0.4, -0.2) is 6.18 Å². The topological polar surface area (TPSA) is 0 Å². The van der Waals surface area contributed by atoms with E-state index in [2.05, 4.69) is 12.3 Å². The van der Waals surface area contributed by atoms with Gasteiger partial charge in [-0.25, -0.2) is 0 Å². The molecule has 0 amide bonds. The lowest BCUT2D eigenvalue weighted by Gasteiger charge is -2.27. The van der Waals surface area contributed by atoms with Gasteiger partial charge in [-0.15, -0.1) is 5.73 Å². The summed E-state index contributed by atoms with van der Waals surface area (Å²) in [4.78, 5) is 0. The Morgan fingerprint density at radius 1 is 1.27 bits per heavy atom. The summed E-state index contributed by atoms with van der Waals surface area (Å²) >= 11 is 0. The Bertz CT molecular complexity index is 192. The smallest absolute Gasteiger partial charge is 0.170 e. The van der Waals surface area contributed by atoms with E-state index in [1.165, 1.54) is 6.92 Å². The van der Waals surface area contributed by atoms with Gasteiger partial charge in [-0.3, -0.25) is 0 Å². The highest BCUT2D eigenvalue weighted by Gasteiger charge is 2.48. The van der Waals surface area contributed by atoms with Crippen LogP contribution in [0.4, 0.5) is 13.2 Å². The molecule has 0 unspecified atom stereocenters. The first kappa shape index (κ1) is 10.3. The Morgan fingerprint density at radius 3 is 1.73 bits per heavy atom. The van der Waals surface area contributed by atoms with E-state index in [1.54, 1.807) is 0 Å². The molecule has 0 atom stereocenters. The summed E-state index contributed by atoms with van der Waals surface area (Å²) < 4.78 is 36.5. The molecule has 0 aromatic rings. The number of allylic oxidation sites excluding steroid dienone is 1. The van der Waals surface area contributed by atoms with Crippen molar-refractivity contribution in [3.63, 3.8) is 0 Å². The van der Waals surface area contributed by atoms with Gasteiger partial charge in [0.15, 0.2) is 0 Å². The third-order valence-electron chi connectivity index (χ3n) is 1.91. The van der Waals surface area contributed by atoms with Crippen LogP contribution in [0.1, 0.15) is 20.8 Å². The predicted octanol–water partition coefficient (Wildman–Crippen LogP) is 3.31. The van der Waals surface area contributed by atoms with E-state index in [0.29, 0.717) is 0 Å². The van der Waals surface area contributed by atoms with Gasteiger partial charge in [-0.2, -0.15) is 13.2 Å². The van der Waals surface area contributed by atoms with Crippen LogP contribution in [0.15, 0.2) is 17.9 Å². The number of halogens is 3. The summed E-state index contributed by atoms with van der Waals surface area (Å²) in [5, 5.41) is 0. The molecule has 3 heteroatoms. The van der Waals surface area contributed by atoms with Gasteiger partial charge in [0.25, 0.3) is 0 Å². The molecule has 0 aromatic heterocycles. The summed E-state index contributed by atoms with van der Waals surface area (Å²) in [6.07, 6.45) is -4.22. The molecule has 0 saturated heterocycles. The molecule has 0 aromatic carbocycles. The number of alkyl halides is 3. The maximum atomic E-state index is 12.2. The fourth-order valence-corrected chi connectivity index (χ4v) is 0.434. The van der Waals surface area contributed by atoms with Gasteiger partial charge in [0.1, 0.15) is 0 Å². The maximum absolute atomic E-state index is 12.2. The minimum atomic E-state index is -4.22. The summed E-state index contributed by atoms with van der Waals surface area (Å²) in [5.74, 6) is 0. The predicted molar refractivity (Wildman–Crippen MR) is 38.2 cm³/mol. The highest BCUT2D eigenvalue weighted by molar-refractivity contribution is 5.09. The van der Waals surface area contributed by atoms with Gasteiger partial charge in [-0.05, 0) is 26.3 Å². The van der Waals surface area contributed by atoms with Crippen molar-refractivity contribution in [3.05, 3.63) is 17.9 Å². The molecule has 0 spiro atoms. The zero-order valence-electron chi connectivity index (χ0n) is 6.84. The summed E-state index contributed by atoms with van der Waals surface area (Å²) in [5.41, 5.74) is 0.563. The van der Waals surface area contributed by atoms with E-state index in [9.17, 15) is 13.2 Å². The SMILES string of the molecule is C=C=C(C)C(C)(C)C(F)(F)F. The van der Waals surface area contributed by atoms with Crippen molar-refractivity contribution >= 4 is 0 Å². The van der Waals surface area contributed by atoms with Gasteiger partial charge in [0, 0.05) is 0 Å². The minimum Gasteiger partial charge on any atom is -0.170 e. The van der Waals surface area contributed by atoms with Crippen LogP contribution in [0.25, 0.3) is 0 Å². The maximum Gasteiger partial charge on any atom is 0.398 e. The average molecular weight is 164 g/mol. The first-order chi connectivity index (χ1) is 4.73. The molecule has 11 heavy (non-hydrogen) atoms. The van der Waals surface area contributed by atoms with E-state index in [-0.39, 0.29) is 5.57 Å². The van der Waals surface area contributed by atoms with Crippen LogP contribution in [0.3, 0.4) is 0 Å². The number of hydrogen-bond acceptors (Lipinski definition) is 0. The second-order valence-electron chi connectivity index (χ2n) is 2.92. The Morgan fingerprint density at radius 2 is 1.64 bits per heavy atom. The van der Waals surface area contributed by atoms with Gasteiger partial charge in [0.05, 0.1) is 5.41 Å². The Balaban J connectivity index is 4.89. The second kappa shape index (κ2) is 2.74. The summed E-state index contributed by atoms with van der Waals surface area (Å²) in [6, 6.07) is 0. The molecule has 0 saturated carbocycles. The first-order valence-electron chi connectivity index (χ1n) is 3.17. The van der Waals surface area contributed by atoms with Crippen molar-refractivity contribution in [3.8, 4) is 0 Å². The molecule has 0 aliphatic carbocycles. The lowest BCUT2D eigenvalue weighted by molar-refractivity contribution is -0.197. The molecule has 0 aliphatic rings. The van der Waals surface area contributed by atoms with Crippen molar-refractivity contribution in [2.45, 2.75) is 26.9 Å². The monoisotopic (exact) mass is 164 g/mol. The Labute approximate surface area is 64.4 Å². The Kier molecular flexibility index (Phi) is 2.57. The van der Waals surface area contributed by atoms with Crippen LogP contribution in [0, 0.1) is 5.41 Å². The van der Waals surface area contributed by atoms with Crippen molar-refractivity contribution in [1.82, 2.24) is 0 Å². The van der Waals surface area contributed by atoms with E-state index in [4.69, 9.17) is 0 Å². The van der Waals surface area contributed by atoms with Gasteiger partial charge in [0.2, 0.25) is 0 Å². The van der Waals surface area contributed by atoms with Crippen molar-refractivity contribution < 1.29 is 13.2 Å². The molecule has 0 radical (unpaired) electrons. The Hall–Kier alpha value is -0.690. The molecule has 0 rings (SSSR count). The number of hydrogen-bond donors (Lipinski definition) is 0. The van der Waals surface area contributed by atoms with Gasteiger partial charge < -0.3 is 0 Å². The minimum absolute atomic E-state index is 0.116. The largest absolute Gasteiger partial charge is 0.398 e. The van der Waals surface area contributed by atoms with Crippen LogP contribution >= 0.6 is 0 Å². The fourth-order valence-electron chi connectivity index (χ4n) is 0.434. The van der Waals surface area contributed by atoms with E-state index in [1.807, 2.05) is 0 Å². The zero-order chi connectivity index (χ0) is 9.28. The second-order valence-corrected chi connectivity index (χ2v) is 2.92. The summed E-state index contributed by atoms with van der Waals surface area (Å²) in [7, 11) is 0. The van der Waals surface area contributed by atoms with Gasteiger partial charge >= 0.3 is 6.18 Å². The molecule has 64 valence electrons. The highest BCUT2D eigenvalue weighted by Crippen LogP contribution is 2.42. The van der Waals surface area contributed by atoms with Crippen molar-refractivity contribution in [2.75, 3.05) is 0 Å². The van der Waals surface area contributed by atoms with Gasteiger partial charge in [-0.1, -0.05) is 6.58 Å². The van der Waals surface area contributed by atoms with E-state index >= 15 is 0 Å². The number of rotatable bonds is 1. The first-order valence-corrected chi connectivity index (χ1v) is 3.17. The zero-order valence-corrected chi connectivity index (χ0v) is 6.84.